The van der Waals surface area contributed by atoms with Gasteiger partial charge in [0, 0.05) is 22.8 Å². The summed E-state index contributed by atoms with van der Waals surface area (Å²) >= 11 is 6.03. The lowest BCUT2D eigenvalue weighted by Crippen LogP contribution is -2.36. The topological polar surface area (TPSA) is 84.2 Å². The van der Waals surface area contributed by atoms with Crippen LogP contribution in [0.4, 0.5) is 10.2 Å². The van der Waals surface area contributed by atoms with Crippen molar-refractivity contribution in [2.45, 2.75) is 13.0 Å². The van der Waals surface area contributed by atoms with Crippen LogP contribution < -0.4 is 5.32 Å². The van der Waals surface area contributed by atoms with Crippen LogP contribution >= 0.6 is 11.6 Å². The zero-order chi connectivity index (χ0) is 19.1. The molecule has 1 amide bonds. The van der Waals surface area contributed by atoms with E-state index in [-0.39, 0.29) is 24.3 Å². The molecule has 0 radical (unpaired) electrons. The van der Waals surface area contributed by atoms with Gasteiger partial charge in [0.15, 0.2) is 5.82 Å². The lowest BCUT2D eigenvalue weighted by Gasteiger charge is -2.23. The van der Waals surface area contributed by atoms with Crippen molar-refractivity contribution in [1.29, 1.82) is 0 Å². The van der Waals surface area contributed by atoms with Gasteiger partial charge in [0.2, 0.25) is 5.91 Å². The molecule has 140 valence electrons. The molecule has 1 aromatic heterocycles. The van der Waals surface area contributed by atoms with Gasteiger partial charge in [-0.3, -0.25) is 14.3 Å². The second-order valence-corrected chi connectivity index (χ2v) is 7.33. The predicted octanol–water partition coefficient (Wildman–Crippen LogP) is 3.19. The first-order chi connectivity index (χ1) is 12.9. The molecule has 2 bridgehead atoms. The Morgan fingerprint density at radius 1 is 1.26 bits per heavy atom. The number of amides is 1. The summed E-state index contributed by atoms with van der Waals surface area (Å²) in [6.07, 6.45) is 6.11. The van der Waals surface area contributed by atoms with Gasteiger partial charge in [0.25, 0.3) is 0 Å². The number of nitrogens with one attached hydrogen (secondary N) is 1. The van der Waals surface area contributed by atoms with Gasteiger partial charge < -0.3 is 10.4 Å². The lowest BCUT2D eigenvalue weighted by molar-refractivity contribution is -0.146. The van der Waals surface area contributed by atoms with E-state index in [1.807, 2.05) is 12.2 Å². The molecule has 1 heterocycles. The first kappa shape index (κ1) is 17.7. The summed E-state index contributed by atoms with van der Waals surface area (Å²) in [5.74, 6) is -2.91. The number of rotatable bonds is 5. The number of anilines is 1. The minimum atomic E-state index is -0.952. The molecule has 2 aliphatic rings. The minimum Gasteiger partial charge on any atom is -0.481 e. The number of hydrogen-bond acceptors (Lipinski definition) is 3. The number of carbonyl (C=O) groups excluding carboxylic acids is 1. The monoisotopic (exact) mass is 389 g/mol. The van der Waals surface area contributed by atoms with E-state index in [9.17, 15) is 19.1 Å². The van der Waals surface area contributed by atoms with Gasteiger partial charge in [0.1, 0.15) is 5.82 Å². The molecule has 2 aliphatic carbocycles. The summed E-state index contributed by atoms with van der Waals surface area (Å²) in [5.41, 5.74) is 0.310. The fraction of sp³-hybridized carbons (Fsp3) is 0.316. The van der Waals surface area contributed by atoms with Gasteiger partial charge in [-0.1, -0.05) is 29.8 Å². The predicted molar refractivity (Wildman–Crippen MR) is 96.7 cm³/mol. The first-order valence-electron chi connectivity index (χ1n) is 8.62. The number of halogens is 2. The number of fused-ring (bicyclic) bond motifs is 2. The standard InChI is InChI=1S/C19H17ClFN3O3/c20-13-2-1-3-14(21)12(13)9-24-7-6-15(23-24)22-18(25)16-10-4-5-11(8-10)17(16)19(26)27/h1-7,10-11,16-17H,8-9H2,(H,26,27)(H,22,23,25)/t10-,11+,16-,17+/m1/s1. The Labute approximate surface area is 159 Å². The van der Waals surface area contributed by atoms with Crippen molar-refractivity contribution in [2.24, 2.45) is 23.7 Å². The van der Waals surface area contributed by atoms with Crippen molar-refractivity contribution >= 4 is 29.3 Å². The van der Waals surface area contributed by atoms with E-state index < -0.39 is 23.6 Å². The highest BCUT2D eigenvalue weighted by Gasteiger charge is 2.51. The largest absolute Gasteiger partial charge is 0.481 e. The normalized spacial score (nSPS) is 25.7. The number of aliphatic carboxylic acids is 1. The number of carboxylic acid groups (broad SMARTS) is 1. The molecule has 0 saturated heterocycles. The van der Waals surface area contributed by atoms with Crippen molar-refractivity contribution in [2.75, 3.05) is 5.32 Å². The number of carboxylic acids is 1. The second kappa shape index (κ2) is 6.81. The van der Waals surface area contributed by atoms with Crippen molar-refractivity contribution < 1.29 is 19.1 Å². The smallest absolute Gasteiger partial charge is 0.307 e. The Bertz CT molecular complexity index is 922. The molecule has 1 aromatic carbocycles. The molecule has 4 atom stereocenters. The minimum absolute atomic E-state index is 0.0598. The summed E-state index contributed by atoms with van der Waals surface area (Å²) in [4.78, 5) is 24.2. The SMILES string of the molecule is O=C(O)[C@@H]1[C@H](C(=O)Nc2ccn(Cc3c(F)cccc3Cl)n2)[C@@H]2C=C[C@H]1C2. The fourth-order valence-electron chi connectivity index (χ4n) is 4.09. The van der Waals surface area contributed by atoms with E-state index in [2.05, 4.69) is 10.4 Å². The molecule has 2 aromatic rings. The van der Waals surface area contributed by atoms with Crippen molar-refractivity contribution in [3.63, 3.8) is 0 Å². The van der Waals surface area contributed by atoms with Crippen LogP contribution in [0.1, 0.15) is 12.0 Å². The number of hydrogen-bond donors (Lipinski definition) is 2. The number of benzene rings is 1. The fourth-order valence-corrected chi connectivity index (χ4v) is 4.31. The highest BCUT2D eigenvalue weighted by Crippen LogP contribution is 2.48. The number of aromatic nitrogens is 2. The van der Waals surface area contributed by atoms with Gasteiger partial charge in [0.05, 0.1) is 18.4 Å². The molecule has 8 heteroatoms. The molecule has 0 spiro atoms. The molecule has 27 heavy (non-hydrogen) atoms. The molecular formula is C19H17ClFN3O3. The number of nitrogens with zero attached hydrogens (tertiary/aromatic N) is 2. The Kier molecular flexibility index (Phi) is 4.47. The van der Waals surface area contributed by atoms with Gasteiger partial charge in [-0.15, -0.1) is 0 Å². The van der Waals surface area contributed by atoms with Crippen LogP contribution in [-0.4, -0.2) is 26.8 Å². The van der Waals surface area contributed by atoms with Gasteiger partial charge in [-0.05, 0) is 30.4 Å². The van der Waals surface area contributed by atoms with Crippen LogP contribution in [-0.2, 0) is 16.1 Å². The molecular weight excluding hydrogens is 373 g/mol. The molecule has 2 N–H and O–H groups in total. The Hall–Kier alpha value is -2.67. The Balaban J connectivity index is 1.47. The summed E-state index contributed by atoms with van der Waals surface area (Å²) in [7, 11) is 0. The summed E-state index contributed by atoms with van der Waals surface area (Å²) in [5, 5.41) is 16.7. The van der Waals surface area contributed by atoms with Gasteiger partial charge in [-0.25, -0.2) is 4.39 Å². The maximum atomic E-state index is 13.9. The van der Waals surface area contributed by atoms with Gasteiger partial charge >= 0.3 is 5.97 Å². The maximum Gasteiger partial charge on any atom is 0.307 e. The average Bonchev–Trinajstić information content (AvgIpc) is 3.33. The number of allylic oxidation sites excluding steroid dienone is 2. The second-order valence-electron chi connectivity index (χ2n) is 6.93. The Morgan fingerprint density at radius 3 is 2.70 bits per heavy atom. The van der Waals surface area contributed by atoms with E-state index in [0.29, 0.717) is 22.8 Å². The lowest BCUT2D eigenvalue weighted by atomic mass is 9.82. The van der Waals surface area contributed by atoms with E-state index in [0.717, 1.165) is 0 Å². The van der Waals surface area contributed by atoms with Crippen molar-refractivity contribution in [3.05, 3.63) is 59.0 Å². The first-order valence-corrected chi connectivity index (χ1v) is 9.00. The molecule has 1 saturated carbocycles. The molecule has 6 nitrogen and oxygen atoms in total. The van der Waals surface area contributed by atoms with Crippen LogP contribution in [0.15, 0.2) is 42.6 Å². The highest BCUT2D eigenvalue weighted by molar-refractivity contribution is 6.31. The quantitative estimate of drug-likeness (QED) is 0.769. The van der Waals surface area contributed by atoms with Crippen molar-refractivity contribution in [1.82, 2.24) is 9.78 Å². The zero-order valence-corrected chi connectivity index (χ0v) is 14.9. The number of carbonyl (C=O) groups is 2. The van der Waals surface area contributed by atoms with E-state index >= 15 is 0 Å². The molecule has 4 rings (SSSR count). The van der Waals surface area contributed by atoms with Crippen LogP contribution in [0.2, 0.25) is 5.02 Å². The van der Waals surface area contributed by atoms with Gasteiger partial charge in [-0.2, -0.15) is 5.10 Å². The van der Waals surface area contributed by atoms with Crippen LogP contribution in [0.5, 0.6) is 0 Å². The average molecular weight is 390 g/mol. The third kappa shape index (κ3) is 3.23. The van der Waals surface area contributed by atoms with Crippen LogP contribution in [0.3, 0.4) is 0 Å². The van der Waals surface area contributed by atoms with Crippen molar-refractivity contribution in [3.8, 4) is 0 Å². The third-order valence-corrected chi connectivity index (χ3v) is 5.68. The van der Waals surface area contributed by atoms with Crippen LogP contribution in [0.25, 0.3) is 0 Å². The summed E-state index contributed by atoms with van der Waals surface area (Å²) in [6, 6.07) is 6.03. The summed E-state index contributed by atoms with van der Waals surface area (Å²) < 4.78 is 15.4. The molecule has 0 aliphatic heterocycles. The van der Waals surface area contributed by atoms with Crippen LogP contribution in [0, 0.1) is 29.5 Å². The highest BCUT2D eigenvalue weighted by atomic mass is 35.5. The zero-order valence-electron chi connectivity index (χ0n) is 14.2. The maximum absolute atomic E-state index is 13.9. The third-order valence-electron chi connectivity index (χ3n) is 5.32. The van der Waals surface area contributed by atoms with E-state index in [4.69, 9.17) is 11.6 Å². The molecule has 1 fully saturated rings. The summed E-state index contributed by atoms with van der Waals surface area (Å²) in [6.45, 7) is 0.121. The van der Waals surface area contributed by atoms with E-state index in [1.54, 1.807) is 18.3 Å². The Morgan fingerprint density at radius 2 is 2.00 bits per heavy atom. The van der Waals surface area contributed by atoms with E-state index in [1.165, 1.54) is 16.8 Å². The molecule has 0 unspecified atom stereocenters.